The fourth-order valence-electron chi connectivity index (χ4n) is 1.67. The van der Waals surface area contributed by atoms with E-state index < -0.39 is 0 Å². The minimum absolute atomic E-state index is 0.265. The number of aromatic nitrogens is 1. The zero-order chi connectivity index (χ0) is 13.0. The van der Waals surface area contributed by atoms with Gasteiger partial charge in [-0.3, -0.25) is 4.98 Å². The molecule has 1 heterocycles. The predicted molar refractivity (Wildman–Crippen MR) is 78.6 cm³/mol. The van der Waals surface area contributed by atoms with Gasteiger partial charge in [0.2, 0.25) is 0 Å². The van der Waals surface area contributed by atoms with Crippen LogP contribution in [0.1, 0.15) is 24.1 Å². The summed E-state index contributed by atoms with van der Waals surface area (Å²) in [7, 11) is 0. The van der Waals surface area contributed by atoms with Crippen molar-refractivity contribution in [1.82, 2.24) is 10.3 Å². The monoisotopic (exact) mass is 324 g/mol. The van der Waals surface area contributed by atoms with E-state index in [1.165, 1.54) is 11.1 Å². The molecule has 1 atom stereocenters. The summed E-state index contributed by atoms with van der Waals surface area (Å²) in [5.74, 6) is 0. The molecule has 0 radical (unpaired) electrons. The Morgan fingerprint density at radius 2 is 2.22 bits per heavy atom. The van der Waals surface area contributed by atoms with Gasteiger partial charge in [0.15, 0.2) is 0 Å². The highest BCUT2D eigenvalue weighted by atomic mass is 79.9. The van der Waals surface area contributed by atoms with Crippen LogP contribution in [0.25, 0.3) is 0 Å². The molecule has 1 unspecified atom stereocenters. The van der Waals surface area contributed by atoms with Crippen molar-refractivity contribution in [1.29, 1.82) is 0 Å². The molecule has 2 rings (SSSR count). The topological polar surface area (TPSA) is 24.9 Å². The van der Waals surface area contributed by atoms with Gasteiger partial charge in [-0.1, -0.05) is 23.7 Å². The van der Waals surface area contributed by atoms with Gasteiger partial charge in [-0.2, -0.15) is 0 Å². The van der Waals surface area contributed by atoms with Crippen LogP contribution in [0, 0.1) is 0 Å². The first-order valence-corrected chi connectivity index (χ1v) is 6.91. The molecule has 0 aliphatic rings. The molecule has 94 valence electrons. The largest absolute Gasteiger partial charge is 0.306 e. The molecule has 0 saturated heterocycles. The van der Waals surface area contributed by atoms with Crippen LogP contribution in [0.5, 0.6) is 0 Å². The summed E-state index contributed by atoms with van der Waals surface area (Å²) in [6, 6.07) is 10.3. The van der Waals surface area contributed by atoms with E-state index in [9.17, 15) is 0 Å². The summed E-state index contributed by atoms with van der Waals surface area (Å²) in [5.41, 5.74) is 2.35. The van der Waals surface area contributed by atoms with Crippen molar-refractivity contribution in [2.24, 2.45) is 0 Å². The van der Waals surface area contributed by atoms with E-state index >= 15 is 0 Å². The molecule has 2 aromatic rings. The molecule has 0 aliphatic heterocycles. The number of hydrogen-bond acceptors (Lipinski definition) is 2. The van der Waals surface area contributed by atoms with Gasteiger partial charge in [0.05, 0.1) is 5.02 Å². The van der Waals surface area contributed by atoms with Crippen molar-refractivity contribution < 1.29 is 0 Å². The Morgan fingerprint density at radius 3 is 2.89 bits per heavy atom. The highest BCUT2D eigenvalue weighted by Gasteiger charge is 2.05. The van der Waals surface area contributed by atoms with Crippen molar-refractivity contribution in [3.05, 3.63) is 63.3 Å². The van der Waals surface area contributed by atoms with Gasteiger partial charge >= 0.3 is 0 Å². The third-order valence-electron chi connectivity index (χ3n) is 2.78. The lowest BCUT2D eigenvalue weighted by atomic mass is 10.1. The Hall–Kier alpha value is -0.900. The second-order valence-electron chi connectivity index (χ2n) is 4.14. The maximum Gasteiger partial charge on any atom is 0.0551 e. The van der Waals surface area contributed by atoms with E-state index in [1.807, 2.05) is 24.4 Å². The molecule has 0 aliphatic carbocycles. The normalized spacial score (nSPS) is 12.4. The van der Waals surface area contributed by atoms with Crippen molar-refractivity contribution in [3.8, 4) is 0 Å². The molecule has 0 saturated carbocycles. The van der Waals surface area contributed by atoms with Crippen LogP contribution in [0.4, 0.5) is 0 Å². The summed E-state index contributed by atoms with van der Waals surface area (Å²) < 4.78 is 0.924. The molecular weight excluding hydrogens is 312 g/mol. The van der Waals surface area contributed by atoms with Crippen LogP contribution >= 0.6 is 27.5 Å². The van der Waals surface area contributed by atoms with Crippen molar-refractivity contribution in [2.45, 2.75) is 19.5 Å². The van der Waals surface area contributed by atoms with Crippen molar-refractivity contribution in [3.63, 3.8) is 0 Å². The number of hydrogen-bond donors (Lipinski definition) is 1. The van der Waals surface area contributed by atoms with Crippen LogP contribution < -0.4 is 5.32 Å². The Labute approximate surface area is 121 Å². The van der Waals surface area contributed by atoms with Gasteiger partial charge in [0.25, 0.3) is 0 Å². The minimum Gasteiger partial charge on any atom is -0.306 e. The number of nitrogens with one attached hydrogen (secondary N) is 1. The third-order valence-corrected chi connectivity index (χ3v) is 4.01. The highest BCUT2D eigenvalue weighted by Crippen LogP contribution is 2.23. The summed E-state index contributed by atoms with van der Waals surface area (Å²) in [5, 5.41) is 4.19. The number of halogens is 2. The van der Waals surface area contributed by atoms with Gasteiger partial charge in [0.1, 0.15) is 0 Å². The van der Waals surface area contributed by atoms with Gasteiger partial charge < -0.3 is 5.32 Å². The summed E-state index contributed by atoms with van der Waals surface area (Å²) >= 11 is 9.45. The molecule has 0 spiro atoms. The number of nitrogens with zero attached hydrogens (tertiary/aromatic N) is 1. The first-order valence-electron chi connectivity index (χ1n) is 5.74. The summed E-state index contributed by atoms with van der Waals surface area (Å²) in [6.45, 7) is 2.90. The van der Waals surface area contributed by atoms with E-state index in [2.05, 4.69) is 45.3 Å². The van der Waals surface area contributed by atoms with E-state index in [0.717, 1.165) is 16.0 Å². The van der Waals surface area contributed by atoms with Gasteiger partial charge in [-0.25, -0.2) is 0 Å². The van der Waals surface area contributed by atoms with Gasteiger partial charge in [-0.05, 0) is 52.2 Å². The lowest BCUT2D eigenvalue weighted by molar-refractivity contribution is 0.573. The molecule has 1 aromatic heterocycles. The quantitative estimate of drug-likeness (QED) is 0.904. The van der Waals surface area contributed by atoms with Crippen molar-refractivity contribution in [2.75, 3.05) is 0 Å². The zero-order valence-corrected chi connectivity index (χ0v) is 12.4. The first-order chi connectivity index (χ1) is 8.66. The maximum absolute atomic E-state index is 6.06. The zero-order valence-electron chi connectivity index (χ0n) is 10.0. The first kappa shape index (κ1) is 13.5. The van der Waals surface area contributed by atoms with Crippen LogP contribution in [0.3, 0.4) is 0 Å². The van der Waals surface area contributed by atoms with E-state index in [0.29, 0.717) is 0 Å². The summed E-state index contributed by atoms with van der Waals surface area (Å²) in [4.78, 5) is 4.12. The molecule has 1 aromatic carbocycles. The second kappa shape index (κ2) is 6.32. The number of benzene rings is 1. The van der Waals surface area contributed by atoms with Crippen LogP contribution in [0.2, 0.25) is 5.02 Å². The Bertz CT molecular complexity index is 516. The van der Waals surface area contributed by atoms with Crippen LogP contribution in [-0.2, 0) is 6.54 Å². The molecule has 18 heavy (non-hydrogen) atoms. The average molecular weight is 326 g/mol. The smallest absolute Gasteiger partial charge is 0.0551 e. The Kier molecular flexibility index (Phi) is 4.75. The van der Waals surface area contributed by atoms with E-state index in [4.69, 9.17) is 11.6 Å². The van der Waals surface area contributed by atoms with E-state index in [1.54, 1.807) is 6.20 Å². The second-order valence-corrected chi connectivity index (χ2v) is 5.40. The molecule has 1 N–H and O–H groups in total. The van der Waals surface area contributed by atoms with Gasteiger partial charge in [0, 0.05) is 29.5 Å². The molecule has 0 bridgehead atoms. The molecule has 0 fully saturated rings. The number of rotatable bonds is 4. The number of pyridine rings is 1. The minimum atomic E-state index is 0.265. The fraction of sp³-hybridized carbons (Fsp3) is 0.214. The highest BCUT2D eigenvalue weighted by molar-refractivity contribution is 9.10. The Balaban J connectivity index is 1.97. The average Bonchev–Trinajstić information content (AvgIpc) is 2.41. The SMILES string of the molecule is CC(NCc1ccc(Br)c(Cl)c1)c1cccnc1. The third kappa shape index (κ3) is 3.55. The lowest BCUT2D eigenvalue weighted by Gasteiger charge is -2.14. The van der Waals surface area contributed by atoms with Crippen molar-refractivity contribution >= 4 is 27.5 Å². The maximum atomic E-state index is 6.06. The van der Waals surface area contributed by atoms with E-state index in [-0.39, 0.29) is 6.04 Å². The van der Waals surface area contributed by atoms with Crippen LogP contribution in [0.15, 0.2) is 47.2 Å². The Morgan fingerprint density at radius 1 is 1.39 bits per heavy atom. The summed E-state index contributed by atoms with van der Waals surface area (Å²) in [6.07, 6.45) is 3.66. The molecular formula is C14H14BrClN2. The molecule has 0 amide bonds. The van der Waals surface area contributed by atoms with Gasteiger partial charge in [-0.15, -0.1) is 0 Å². The van der Waals surface area contributed by atoms with Crippen LogP contribution in [-0.4, -0.2) is 4.98 Å². The molecule has 2 nitrogen and oxygen atoms in total. The fourth-order valence-corrected chi connectivity index (χ4v) is 2.12. The predicted octanol–water partition coefficient (Wildman–Crippen LogP) is 4.35. The molecule has 4 heteroatoms. The lowest BCUT2D eigenvalue weighted by Crippen LogP contribution is -2.18. The standard InChI is InChI=1S/C14H14BrClN2/c1-10(12-3-2-6-17-9-12)18-8-11-4-5-13(15)14(16)7-11/h2-7,9-10,18H,8H2,1H3.